The summed E-state index contributed by atoms with van der Waals surface area (Å²) in [5, 5.41) is 9.80. The van der Waals surface area contributed by atoms with Crippen LogP contribution < -0.4 is 4.74 Å². The Labute approximate surface area is 126 Å². The molecule has 0 fully saturated rings. The van der Waals surface area contributed by atoms with E-state index in [9.17, 15) is 13.2 Å². The number of carboxylic acid groups (broad SMARTS) is 1. The molecule has 5 nitrogen and oxygen atoms in total. The molecule has 2 aromatic rings. The topological polar surface area (TPSA) is 80.7 Å². The maximum absolute atomic E-state index is 12.2. The van der Waals surface area contributed by atoms with Gasteiger partial charge in [-0.2, -0.15) is 0 Å². The van der Waals surface area contributed by atoms with E-state index in [0.717, 1.165) is 21.4 Å². The number of carboxylic acids is 1. The second-order valence-corrected chi connectivity index (χ2v) is 8.93. The quantitative estimate of drug-likeness (QED) is 0.917. The molecule has 21 heavy (non-hydrogen) atoms. The Morgan fingerprint density at radius 3 is 2.71 bits per heavy atom. The number of carbonyl (C=O) groups is 1. The lowest BCUT2D eigenvalue weighted by Crippen LogP contribution is -2.37. The molecule has 1 aromatic heterocycles. The molecular weight excluding hydrogens is 312 g/mol. The van der Waals surface area contributed by atoms with Crippen LogP contribution in [-0.4, -0.2) is 32.4 Å². The Balaban J connectivity index is 2.28. The molecule has 0 saturated carbocycles. The lowest BCUT2D eigenvalue weighted by Gasteiger charge is -2.34. The van der Waals surface area contributed by atoms with Gasteiger partial charge in [0.05, 0.1) is 6.61 Å². The number of aromatic carboxylic acids is 1. The van der Waals surface area contributed by atoms with Gasteiger partial charge in [0.1, 0.15) is 15.4 Å². The summed E-state index contributed by atoms with van der Waals surface area (Å²) < 4.78 is 29.7. The van der Waals surface area contributed by atoms with E-state index in [1.807, 2.05) is 0 Å². The summed E-state index contributed by atoms with van der Waals surface area (Å²) in [6.45, 7) is 2.03. The maximum atomic E-state index is 12.2. The third-order valence-electron chi connectivity index (χ3n) is 4.05. The van der Waals surface area contributed by atoms with E-state index in [4.69, 9.17) is 9.84 Å². The van der Waals surface area contributed by atoms with Crippen LogP contribution in [0.25, 0.3) is 10.1 Å². The van der Waals surface area contributed by atoms with Gasteiger partial charge in [0, 0.05) is 22.9 Å². The molecule has 1 atom stereocenters. The zero-order chi connectivity index (χ0) is 15.4. The van der Waals surface area contributed by atoms with Crippen LogP contribution >= 0.6 is 11.3 Å². The smallest absolute Gasteiger partial charge is 0.345 e. The molecule has 0 bridgehead atoms. The zero-order valence-corrected chi connectivity index (χ0v) is 13.2. The van der Waals surface area contributed by atoms with Crippen molar-refractivity contribution >= 4 is 37.2 Å². The molecule has 112 valence electrons. The van der Waals surface area contributed by atoms with Crippen LogP contribution in [0.3, 0.4) is 0 Å². The predicted molar refractivity (Wildman–Crippen MR) is 81.1 cm³/mol. The van der Waals surface area contributed by atoms with Crippen LogP contribution in [0.5, 0.6) is 5.75 Å². The summed E-state index contributed by atoms with van der Waals surface area (Å²) in [6, 6.07) is 5.05. The summed E-state index contributed by atoms with van der Waals surface area (Å²) in [7, 11) is -3.31. The van der Waals surface area contributed by atoms with Gasteiger partial charge < -0.3 is 9.84 Å². The van der Waals surface area contributed by atoms with E-state index in [1.54, 1.807) is 25.1 Å². The second-order valence-electron chi connectivity index (χ2n) is 5.40. The molecule has 1 N–H and O–H groups in total. The number of thiophene rings is 1. The van der Waals surface area contributed by atoms with Gasteiger partial charge in [-0.15, -0.1) is 11.3 Å². The molecule has 1 aromatic carbocycles. The molecule has 0 saturated heterocycles. The van der Waals surface area contributed by atoms with Gasteiger partial charge in [0.15, 0.2) is 9.84 Å². The maximum Gasteiger partial charge on any atom is 0.345 e. The normalized spacial score (nSPS) is 21.8. The first-order chi connectivity index (χ1) is 9.72. The van der Waals surface area contributed by atoms with E-state index in [2.05, 4.69) is 0 Å². The monoisotopic (exact) mass is 326 g/mol. The highest BCUT2D eigenvalue weighted by molar-refractivity contribution is 7.91. The molecule has 7 heteroatoms. The van der Waals surface area contributed by atoms with Crippen molar-refractivity contribution < 1.29 is 23.1 Å². The first kappa shape index (κ1) is 14.3. The van der Waals surface area contributed by atoms with Gasteiger partial charge in [-0.3, -0.25) is 0 Å². The van der Waals surface area contributed by atoms with Crippen molar-refractivity contribution in [2.45, 2.75) is 18.1 Å². The summed E-state index contributed by atoms with van der Waals surface area (Å²) in [6.07, 6.45) is 1.61. The Bertz CT molecular complexity index is 850. The summed E-state index contributed by atoms with van der Waals surface area (Å²) in [5.74, 6) is -0.457. The highest BCUT2D eigenvalue weighted by Gasteiger charge is 2.42. The Morgan fingerprint density at radius 1 is 1.38 bits per heavy atom. The van der Waals surface area contributed by atoms with Crippen molar-refractivity contribution in [3.8, 4) is 5.75 Å². The van der Waals surface area contributed by atoms with Crippen LogP contribution in [0.15, 0.2) is 18.2 Å². The van der Waals surface area contributed by atoms with E-state index in [-0.39, 0.29) is 4.88 Å². The highest BCUT2D eigenvalue weighted by Crippen LogP contribution is 2.45. The van der Waals surface area contributed by atoms with Crippen molar-refractivity contribution in [1.82, 2.24) is 0 Å². The van der Waals surface area contributed by atoms with E-state index < -0.39 is 20.6 Å². The Morgan fingerprint density at radius 2 is 2.10 bits per heavy atom. The van der Waals surface area contributed by atoms with E-state index >= 15 is 0 Å². The largest absolute Gasteiger partial charge is 0.493 e. The van der Waals surface area contributed by atoms with Gasteiger partial charge in [-0.1, -0.05) is 0 Å². The molecule has 1 unspecified atom stereocenters. The van der Waals surface area contributed by atoms with Crippen molar-refractivity contribution in [3.05, 3.63) is 28.6 Å². The summed E-state index contributed by atoms with van der Waals surface area (Å²) in [5.41, 5.74) is 0.610. The zero-order valence-electron chi connectivity index (χ0n) is 11.5. The Hall–Kier alpha value is -1.60. The SMILES string of the molecule is CC1(S(C)(=O)=O)CCOc2cc3sc(C(=O)O)cc3cc21. The number of sulfone groups is 1. The number of benzene rings is 1. The lowest BCUT2D eigenvalue weighted by molar-refractivity contribution is 0.0702. The summed E-state index contributed by atoms with van der Waals surface area (Å²) in [4.78, 5) is 11.3. The minimum atomic E-state index is -3.31. The molecule has 0 amide bonds. The average Bonchev–Trinajstić information content (AvgIpc) is 2.79. The standard InChI is InChI=1S/C14H14O5S2/c1-14(21(2,17)18)3-4-19-10-7-11-8(5-9(10)14)6-12(20-11)13(15)16/h5-7H,3-4H2,1-2H3,(H,15,16). The van der Waals surface area contributed by atoms with E-state index in [0.29, 0.717) is 24.3 Å². The van der Waals surface area contributed by atoms with Crippen LogP contribution in [0, 0.1) is 0 Å². The summed E-state index contributed by atoms with van der Waals surface area (Å²) >= 11 is 1.16. The van der Waals surface area contributed by atoms with E-state index in [1.165, 1.54) is 6.26 Å². The number of hydrogen-bond acceptors (Lipinski definition) is 5. The Kier molecular flexibility index (Phi) is 3.04. The number of fused-ring (bicyclic) bond motifs is 2. The number of rotatable bonds is 2. The van der Waals surface area contributed by atoms with Crippen molar-refractivity contribution in [1.29, 1.82) is 0 Å². The highest BCUT2D eigenvalue weighted by atomic mass is 32.2. The average molecular weight is 326 g/mol. The molecule has 0 spiro atoms. The lowest BCUT2D eigenvalue weighted by atomic mass is 9.93. The van der Waals surface area contributed by atoms with Gasteiger partial charge in [0.25, 0.3) is 0 Å². The first-order valence-corrected chi connectivity index (χ1v) is 9.07. The minimum Gasteiger partial charge on any atom is -0.493 e. The fraction of sp³-hybridized carbons (Fsp3) is 0.357. The third kappa shape index (κ3) is 2.11. The minimum absolute atomic E-state index is 0.230. The van der Waals surface area contributed by atoms with Crippen LogP contribution in [0.1, 0.15) is 28.6 Å². The van der Waals surface area contributed by atoms with Crippen LogP contribution in [0.4, 0.5) is 0 Å². The molecule has 0 aliphatic carbocycles. The van der Waals surface area contributed by atoms with Gasteiger partial charge in [0.2, 0.25) is 0 Å². The van der Waals surface area contributed by atoms with Crippen molar-refractivity contribution in [3.63, 3.8) is 0 Å². The number of hydrogen-bond donors (Lipinski definition) is 1. The van der Waals surface area contributed by atoms with Crippen molar-refractivity contribution in [2.24, 2.45) is 0 Å². The third-order valence-corrected chi connectivity index (χ3v) is 7.20. The predicted octanol–water partition coefficient (Wildman–Crippen LogP) is 2.64. The van der Waals surface area contributed by atoms with Crippen LogP contribution in [0.2, 0.25) is 0 Å². The fourth-order valence-corrected chi connectivity index (χ4v) is 4.51. The van der Waals surface area contributed by atoms with Gasteiger partial charge >= 0.3 is 5.97 Å². The van der Waals surface area contributed by atoms with Crippen LogP contribution in [-0.2, 0) is 14.6 Å². The fourth-order valence-electron chi connectivity index (χ4n) is 2.58. The number of ether oxygens (including phenoxy) is 1. The molecule has 1 aliphatic heterocycles. The van der Waals surface area contributed by atoms with Gasteiger partial charge in [-0.05, 0) is 30.5 Å². The van der Waals surface area contributed by atoms with Gasteiger partial charge in [-0.25, -0.2) is 13.2 Å². The first-order valence-electron chi connectivity index (χ1n) is 6.36. The van der Waals surface area contributed by atoms with Crippen molar-refractivity contribution in [2.75, 3.05) is 12.9 Å². The molecule has 3 rings (SSSR count). The molecule has 2 heterocycles. The molecular formula is C14H14O5S2. The molecule has 0 radical (unpaired) electrons. The molecule has 1 aliphatic rings. The second kappa shape index (κ2) is 4.45.